The molecular weight excluding hydrogens is 477 g/mol. The van der Waals surface area contributed by atoms with Crippen molar-refractivity contribution in [3.8, 4) is 23.1 Å². The maximum atomic E-state index is 14.4. The summed E-state index contributed by atoms with van der Waals surface area (Å²) < 4.78 is 37.5. The number of anilines is 3. The maximum absolute atomic E-state index is 14.4. The van der Waals surface area contributed by atoms with Gasteiger partial charge in [0.1, 0.15) is 24.4 Å². The Morgan fingerprint density at radius 3 is 2.89 bits per heavy atom. The molecule has 0 unspecified atom stereocenters. The average molecular weight is 502 g/mol. The highest BCUT2D eigenvalue weighted by atomic mass is 35.5. The number of hydrogen-bond acceptors (Lipinski definition) is 9. The third-order valence-electron chi connectivity index (χ3n) is 5.79. The number of fused-ring (bicyclic) bond motifs is 2. The van der Waals surface area contributed by atoms with Gasteiger partial charge in [0.15, 0.2) is 23.1 Å². The van der Waals surface area contributed by atoms with Gasteiger partial charge in [-0.15, -0.1) is 0 Å². The summed E-state index contributed by atoms with van der Waals surface area (Å²) in [7, 11) is 1.59. The van der Waals surface area contributed by atoms with E-state index in [0.717, 1.165) is 38.4 Å². The normalized spacial score (nSPS) is 15.2. The standard InChI is InChI=1S/C24H25ClFN5O4/c1-32-19-12-18-15(11-20(19)34-10-7-31-5-8-33-9-6-31)13-27-22-23(28-14-29-24(22)35-18)30-17-4-2-3-16(25)21(17)26/h2-4,11-12,14,27H,5-10,13H2,1H3,(H,28,29,30). The molecule has 1 fully saturated rings. The van der Waals surface area contributed by atoms with Crippen LogP contribution in [-0.4, -0.2) is 61.4 Å². The SMILES string of the molecule is COc1cc2c(cc1OCCN1CCOCC1)CNc1c(Nc3cccc(Cl)c3F)ncnc1O2. The first-order valence-electron chi connectivity index (χ1n) is 11.2. The fourth-order valence-electron chi connectivity index (χ4n) is 3.91. The zero-order valence-electron chi connectivity index (χ0n) is 19.1. The molecule has 11 heteroatoms. The molecule has 184 valence electrons. The van der Waals surface area contributed by atoms with Crippen molar-refractivity contribution < 1.29 is 23.3 Å². The van der Waals surface area contributed by atoms with Gasteiger partial charge in [0, 0.05) is 37.8 Å². The van der Waals surface area contributed by atoms with Crippen molar-refractivity contribution in [1.29, 1.82) is 0 Å². The molecule has 2 aliphatic rings. The summed E-state index contributed by atoms with van der Waals surface area (Å²) >= 11 is 5.91. The largest absolute Gasteiger partial charge is 0.493 e. The minimum absolute atomic E-state index is 0.0139. The van der Waals surface area contributed by atoms with E-state index in [2.05, 4.69) is 25.5 Å². The van der Waals surface area contributed by atoms with Crippen LogP contribution in [0.2, 0.25) is 5.02 Å². The van der Waals surface area contributed by atoms with E-state index in [-0.39, 0.29) is 10.7 Å². The first-order valence-corrected chi connectivity index (χ1v) is 11.6. The van der Waals surface area contributed by atoms with Gasteiger partial charge in [-0.3, -0.25) is 4.90 Å². The van der Waals surface area contributed by atoms with Crippen molar-refractivity contribution in [3.63, 3.8) is 0 Å². The zero-order chi connectivity index (χ0) is 24.2. The van der Waals surface area contributed by atoms with Crippen LogP contribution in [0.4, 0.5) is 21.6 Å². The molecule has 0 saturated carbocycles. The Kier molecular flexibility index (Phi) is 7.03. The van der Waals surface area contributed by atoms with Crippen molar-refractivity contribution in [2.24, 2.45) is 0 Å². The minimum atomic E-state index is -0.567. The van der Waals surface area contributed by atoms with E-state index in [9.17, 15) is 4.39 Å². The van der Waals surface area contributed by atoms with Crippen molar-refractivity contribution in [1.82, 2.24) is 14.9 Å². The molecule has 0 spiro atoms. The molecule has 0 aliphatic carbocycles. The molecule has 5 rings (SSSR count). The van der Waals surface area contributed by atoms with E-state index in [1.807, 2.05) is 6.07 Å². The number of aromatic nitrogens is 2. The molecule has 1 saturated heterocycles. The van der Waals surface area contributed by atoms with Crippen LogP contribution in [-0.2, 0) is 11.3 Å². The first kappa shape index (κ1) is 23.4. The number of methoxy groups -OCH3 is 1. The molecule has 0 radical (unpaired) electrons. The lowest BCUT2D eigenvalue weighted by atomic mass is 10.1. The quantitative estimate of drug-likeness (QED) is 0.487. The highest BCUT2D eigenvalue weighted by Gasteiger charge is 2.23. The van der Waals surface area contributed by atoms with Gasteiger partial charge < -0.3 is 29.6 Å². The Balaban J connectivity index is 1.35. The summed E-state index contributed by atoms with van der Waals surface area (Å²) in [5.74, 6) is 1.85. The van der Waals surface area contributed by atoms with Crippen molar-refractivity contribution in [2.45, 2.75) is 6.54 Å². The Morgan fingerprint density at radius 2 is 2.06 bits per heavy atom. The number of nitrogens with one attached hydrogen (secondary N) is 2. The van der Waals surface area contributed by atoms with Crippen molar-refractivity contribution >= 4 is 28.8 Å². The molecule has 0 bridgehead atoms. The smallest absolute Gasteiger partial charge is 0.248 e. The average Bonchev–Trinajstić information content (AvgIpc) is 3.06. The minimum Gasteiger partial charge on any atom is -0.493 e. The molecule has 3 heterocycles. The molecule has 0 atom stereocenters. The second-order valence-electron chi connectivity index (χ2n) is 8.00. The Hall–Kier alpha value is -3.34. The predicted molar refractivity (Wildman–Crippen MR) is 130 cm³/mol. The van der Waals surface area contributed by atoms with Crippen molar-refractivity contribution in [3.05, 3.63) is 53.1 Å². The van der Waals surface area contributed by atoms with Crippen LogP contribution in [0.25, 0.3) is 0 Å². The van der Waals surface area contributed by atoms with Crippen LogP contribution < -0.4 is 24.8 Å². The third-order valence-corrected chi connectivity index (χ3v) is 6.09. The molecule has 1 aromatic heterocycles. The fourth-order valence-corrected chi connectivity index (χ4v) is 4.09. The first-order chi connectivity index (χ1) is 17.1. The third kappa shape index (κ3) is 5.19. The van der Waals surface area contributed by atoms with Gasteiger partial charge in [-0.2, -0.15) is 4.98 Å². The number of halogens is 2. The lowest BCUT2D eigenvalue weighted by Crippen LogP contribution is -2.38. The number of ether oxygens (including phenoxy) is 4. The molecule has 2 N–H and O–H groups in total. The number of morpholine rings is 1. The number of rotatable bonds is 7. The molecule has 3 aromatic rings. The van der Waals surface area contributed by atoms with Gasteiger partial charge in [0.25, 0.3) is 0 Å². The second kappa shape index (κ2) is 10.5. The number of benzene rings is 2. The topological polar surface area (TPSA) is 90.0 Å². The number of nitrogens with zero attached hydrogens (tertiary/aromatic N) is 3. The van der Waals surface area contributed by atoms with Gasteiger partial charge in [0.05, 0.1) is 31.0 Å². The zero-order valence-corrected chi connectivity index (χ0v) is 19.9. The van der Waals surface area contributed by atoms with Crippen molar-refractivity contribution in [2.75, 3.05) is 57.2 Å². The van der Waals surface area contributed by atoms with E-state index in [4.69, 9.17) is 30.5 Å². The Bertz CT molecular complexity index is 1210. The van der Waals surface area contributed by atoms with Gasteiger partial charge in [-0.25, -0.2) is 9.37 Å². The summed E-state index contributed by atoms with van der Waals surface area (Å²) in [6, 6.07) is 8.38. The second-order valence-corrected chi connectivity index (χ2v) is 8.40. The molecule has 35 heavy (non-hydrogen) atoms. The van der Waals surface area contributed by atoms with Gasteiger partial charge >= 0.3 is 0 Å². The van der Waals surface area contributed by atoms with E-state index >= 15 is 0 Å². The van der Waals surface area contributed by atoms with E-state index in [1.54, 1.807) is 25.3 Å². The summed E-state index contributed by atoms with van der Waals surface area (Å²) in [6.07, 6.45) is 1.34. The highest BCUT2D eigenvalue weighted by Crippen LogP contribution is 2.42. The predicted octanol–water partition coefficient (Wildman–Crippen LogP) is 4.45. The van der Waals surface area contributed by atoms with Crippen LogP contribution in [0, 0.1) is 5.82 Å². The maximum Gasteiger partial charge on any atom is 0.248 e. The molecule has 9 nitrogen and oxygen atoms in total. The summed E-state index contributed by atoms with van der Waals surface area (Å²) in [4.78, 5) is 10.8. The van der Waals surface area contributed by atoms with Gasteiger partial charge in [0.2, 0.25) is 5.88 Å². The molecule has 2 aromatic carbocycles. The summed E-state index contributed by atoms with van der Waals surface area (Å²) in [5.41, 5.74) is 1.54. The Morgan fingerprint density at radius 1 is 1.20 bits per heavy atom. The fraction of sp³-hybridized carbons (Fsp3) is 0.333. The summed E-state index contributed by atoms with van der Waals surface area (Å²) in [6.45, 7) is 5.02. The molecular formula is C24H25ClFN5O4. The van der Waals surface area contributed by atoms with Crippen LogP contribution in [0.5, 0.6) is 23.1 Å². The van der Waals surface area contributed by atoms with E-state index in [1.165, 1.54) is 12.4 Å². The van der Waals surface area contributed by atoms with Gasteiger partial charge in [-0.05, 0) is 18.2 Å². The Labute approximate surface area is 207 Å². The van der Waals surface area contributed by atoms with E-state index in [0.29, 0.717) is 47.8 Å². The lowest BCUT2D eigenvalue weighted by molar-refractivity contribution is 0.0321. The monoisotopic (exact) mass is 501 g/mol. The highest BCUT2D eigenvalue weighted by molar-refractivity contribution is 6.31. The number of hydrogen-bond donors (Lipinski definition) is 2. The van der Waals surface area contributed by atoms with Crippen LogP contribution in [0.3, 0.4) is 0 Å². The van der Waals surface area contributed by atoms with Gasteiger partial charge in [-0.1, -0.05) is 17.7 Å². The molecule has 0 amide bonds. The van der Waals surface area contributed by atoms with Crippen LogP contribution in [0.1, 0.15) is 5.56 Å². The molecule has 2 aliphatic heterocycles. The lowest BCUT2D eigenvalue weighted by Gasteiger charge is -2.26. The van der Waals surface area contributed by atoms with E-state index < -0.39 is 5.82 Å². The van der Waals surface area contributed by atoms with Crippen LogP contribution >= 0.6 is 11.6 Å². The summed E-state index contributed by atoms with van der Waals surface area (Å²) in [5, 5.41) is 6.28. The van der Waals surface area contributed by atoms with Crippen LogP contribution in [0.15, 0.2) is 36.7 Å².